The molecule has 124 valence electrons. The Morgan fingerprint density at radius 3 is 1.92 bits per heavy atom. The molecular weight excluding hydrogens is 314 g/mol. The van der Waals surface area contributed by atoms with Gasteiger partial charge in [-0.05, 0) is 45.0 Å². The summed E-state index contributed by atoms with van der Waals surface area (Å²) in [6.07, 6.45) is 0.909. The predicted octanol–water partition coefficient (Wildman–Crippen LogP) is 6.17. The number of benzene rings is 4. The van der Waals surface area contributed by atoms with Crippen LogP contribution in [-0.4, -0.2) is 0 Å². The van der Waals surface area contributed by atoms with E-state index in [-0.39, 0.29) is 0 Å². The van der Waals surface area contributed by atoms with Gasteiger partial charge < -0.3 is 5.73 Å². The molecule has 0 heterocycles. The first-order chi connectivity index (χ1) is 12.8. The van der Waals surface area contributed by atoms with Crippen LogP contribution in [-0.2, 0) is 6.42 Å². The molecule has 0 bridgehead atoms. The van der Waals surface area contributed by atoms with Crippen molar-refractivity contribution < 1.29 is 0 Å². The van der Waals surface area contributed by atoms with E-state index in [0.717, 1.165) is 17.7 Å². The highest BCUT2D eigenvalue weighted by Crippen LogP contribution is 2.47. The van der Waals surface area contributed by atoms with E-state index in [2.05, 4.69) is 84.9 Å². The molecule has 1 nitrogen and oxygen atoms in total. The fourth-order valence-electron chi connectivity index (χ4n) is 4.06. The second-order valence-electron chi connectivity index (χ2n) is 6.80. The first kappa shape index (κ1) is 15.0. The van der Waals surface area contributed by atoms with Crippen LogP contribution in [0.25, 0.3) is 33.4 Å². The van der Waals surface area contributed by atoms with Crippen molar-refractivity contribution in [3.05, 3.63) is 102 Å². The molecule has 0 saturated carbocycles. The average molecular weight is 333 g/mol. The number of nitrogen functional groups attached to an aromatic ring is 1. The average Bonchev–Trinajstić information content (AvgIpc) is 3.08. The number of rotatable bonds is 2. The summed E-state index contributed by atoms with van der Waals surface area (Å²) in [5.41, 5.74) is 17.6. The third-order valence-corrected chi connectivity index (χ3v) is 5.30. The van der Waals surface area contributed by atoms with E-state index in [1.54, 1.807) is 0 Å². The van der Waals surface area contributed by atoms with Gasteiger partial charge in [-0.2, -0.15) is 0 Å². The Morgan fingerprint density at radius 1 is 0.577 bits per heavy atom. The number of hydrogen-bond acceptors (Lipinski definition) is 1. The molecule has 2 N–H and O–H groups in total. The normalized spacial score (nSPS) is 11.8. The lowest BCUT2D eigenvalue weighted by Crippen LogP contribution is -1.99. The second kappa shape index (κ2) is 5.89. The minimum atomic E-state index is 0.906. The molecule has 0 fully saturated rings. The Balaban J connectivity index is 1.85. The Bertz CT molecular complexity index is 1100. The smallest absolute Gasteiger partial charge is 0.0442 e. The minimum absolute atomic E-state index is 0.906. The second-order valence-corrected chi connectivity index (χ2v) is 6.80. The van der Waals surface area contributed by atoms with Gasteiger partial charge in [-0.15, -0.1) is 0 Å². The van der Waals surface area contributed by atoms with Gasteiger partial charge in [0.2, 0.25) is 0 Å². The van der Waals surface area contributed by atoms with Gasteiger partial charge >= 0.3 is 0 Å². The van der Waals surface area contributed by atoms with Crippen LogP contribution >= 0.6 is 0 Å². The van der Waals surface area contributed by atoms with Gasteiger partial charge in [-0.25, -0.2) is 0 Å². The Hall–Kier alpha value is -3.32. The van der Waals surface area contributed by atoms with E-state index in [4.69, 9.17) is 5.73 Å². The number of hydrogen-bond donors (Lipinski definition) is 1. The molecule has 0 aliphatic heterocycles. The molecule has 1 heteroatoms. The molecule has 1 aliphatic carbocycles. The summed E-state index contributed by atoms with van der Waals surface area (Å²) in [7, 11) is 0. The van der Waals surface area contributed by atoms with Crippen molar-refractivity contribution in [2.75, 3.05) is 5.73 Å². The molecule has 0 amide bonds. The number of anilines is 1. The fraction of sp³-hybridized carbons (Fsp3) is 0.0400. The highest BCUT2D eigenvalue weighted by Gasteiger charge is 2.25. The van der Waals surface area contributed by atoms with E-state index >= 15 is 0 Å². The van der Waals surface area contributed by atoms with Crippen LogP contribution < -0.4 is 5.73 Å². The monoisotopic (exact) mass is 333 g/mol. The van der Waals surface area contributed by atoms with Crippen molar-refractivity contribution in [1.29, 1.82) is 0 Å². The summed E-state index contributed by atoms with van der Waals surface area (Å²) < 4.78 is 0. The van der Waals surface area contributed by atoms with E-state index in [1.807, 2.05) is 6.07 Å². The Kier molecular flexibility index (Phi) is 3.39. The highest BCUT2D eigenvalue weighted by atomic mass is 14.6. The SMILES string of the molecule is Nc1c2c(cc(-c3ccccc3)c1-c1ccccc1)-c1ccccc1C2. The lowest BCUT2D eigenvalue weighted by atomic mass is 9.88. The zero-order chi connectivity index (χ0) is 17.5. The van der Waals surface area contributed by atoms with Gasteiger partial charge in [0, 0.05) is 17.7 Å². The van der Waals surface area contributed by atoms with E-state index in [0.29, 0.717) is 0 Å². The van der Waals surface area contributed by atoms with Crippen LogP contribution in [0.2, 0.25) is 0 Å². The maximum absolute atomic E-state index is 6.78. The van der Waals surface area contributed by atoms with Crippen LogP contribution in [0, 0.1) is 0 Å². The molecule has 0 saturated heterocycles. The minimum Gasteiger partial charge on any atom is -0.398 e. The lowest BCUT2D eigenvalue weighted by molar-refractivity contribution is 1.27. The van der Waals surface area contributed by atoms with Gasteiger partial charge in [0.15, 0.2) is 0 Å². The van der Waals surface area contributed by atoms with Gasteiger partial charge in [0.25, 0.3) is 0 Å². The van der Waals surface area contributed by atoms with Gasteiger partial charge in [0.05, 0.1) is 0 Å². The summed E-state index contributed by atoms with van der Waals surface area (Å²) in [6, 6.07) is 32.0. The van der Waals surface area contributed by atoms with Crippen LogP contribution in [0.15, 0.2) is 91.0 Å². The molecule has 26 heavy (non-hydrogen) atoms. The fourth-order valence-corrected chi connectivity index (χ4v) is 4.06. The Morgan fingerprint density at radius 2 is 1.19 bits per heavy atom. The molecule has 1 aliphatic rings. The van der Waals surface area contributed by atoms with E-state index in [9.17, 15) is 0 Å². The van der Waals surface area contributed by atoms with Crippen molar-refractivity contribution in [3.8, 4) is 33.4 Å². The Labute approximate surface area is 153 Å². The molecule has 0 atom stereocenters. The number of fused-ring (bicyclic) bond motifs is 3. The summed E-state index contributed by atoms with van der Waals surface area (Å²) >= 11 is 0. The van der Waals surface area contributed by atoms with Crippen molar-refractivity contribution >= 4 is 5.69 Å². The highest BCUT2D eigenvalue weighted by molar-refractivity contribution is 5.98. The first-order valence-corrected chi connectivity index (χ1v) is 8.97. The van der Waals surface area contributed by atoms with Gasteiger partial charge in [-0.1, -0.05) is 84.9 Å². The van der Waals surface area contributed by atoms with Crippen molar-refractivity contribution in [2.24, 2.45) is 0 Å². The molecular formula is C25H19N. The number of nitrogens with two attached hydrogens (primary N) is 1. The van der Waals surface area contributed by atoms with Crippen molar-refractivity contribution in [3.63, 3.8) is 0 Å². The summed E-state index contributed by atoms with van der Waals surface area (Å²) in [5, 5.41) is 0. The third kappa shape index (κ3) is 2.25. The van der Waals surface area contributed by atoms with Crippen LogP contribution in [0.5, 0.6) is 0 Å². The van der Waals surface area contributed by atoms with Gasteiger partial charge in [-0.3, -0.25) is 0 Å². The molecule has 5 rings (SSSR count). The summed E-state index contributed by atoms with van der Waals surface area (Å²) in [5.74, 6) is 0. The standard InChI is InChI=1S/C25H19N/c26-25-23-15-19-13-7-8-14-20(19)22(23)16-21(17-9-3-1-4-10-17)24(25)18-11-5-2-6-12-18/h1-14,16H,15,26H2. The summed E-state index contributed by atoms with van der Waals surface area (Å²) in [6.45, 7) is 0. The van der Waals surface area contributed by atoms with Crippen LogP contribution in [0.4, 0.5) is 5.69 Å². The molecule has 0 radical (unpaired) electrons. The predicted molar refractivity (Wildman–Crippen MR) is 110 cm³/mol. The van der Waals surface area contributed by atoms with E-state index < -0.39 is 0 Å². The maximum Gasteiger partial charge on any atom is 0.0442 e. The molecule has 0 unspecified atom stereocenters. The van der Waals surface area contributed by atoms with Crippen molar-refractivity contribution in [2.45, 2.75) is 6.42 Å². The van der Waals surface area contributed by atoms with E-state index in [1.165, 1.54) is 38.9 Å². The van der Waals surface area contributed by atoms with Crippen LogP contribution in [0.1, 0.15) is 11.1 Å². The quantitative estimate of drug-likeness (QED) is 0.384. The molecule has 4 aromatic rings. The van der Waals surface area contributed by atoms with Gasteiger partial charge in [0.1, 0.15) is 0 Å². The largest absolute Gasteiger partial charge is 0.398 e. The lowest BCUT2D eigenvalue weighted by Gasteiger charge is -2.17. The maximum atomic E-state index is 6.78. The third-order valence-electron chi connectivity index (χ3n) is 5.30. The molecule has 4 aromatic carbocycles. The van der Waals surface area contributed by atoms with Crippen LogP contribution in [0.3, 0.4) is 0 Å². The zero-order valence-corrected chi connectivity index (χ0v) is 14.4. The molecule has 0 aromatic heterocycles. The zero-order valence-electron chi connectivity index (χ0n) is 14.4. The molecule has 0 spiro atoms. The topological polar surface area (TPSA) is 26.0 Å². The summed E-state index contributed by atoms with van der Waals surface area (Å²) in [4.78, 5) is 0. The van der Waals surface area contributed by atoms with Crippen molar-refractivity contribution in [1.82, 2.24) is 0 Å². The first-order valence-electron chi connectivity index (χ1n) is 8.97.